The molecule has 1 saturated carbocycles. The first-order chi connectivity index (χ1) is 9.93. The number of carboxylic acid groups (broad SMARTS) is 1. The van der Waals surface area contributed by atoms with E-state index < -0.39 is 5.97 Å². The molecule has 1 N–H and O–H groups in total. The van der Waals surface area contributed by atoms with Crippen molar-refractivity contribution in [1.82, 2.24) is 9.88 Å². The van der Waals surface area contributed by atoms with E-state index in [1.54, 1.807) is 6.20 Å². The molecule has 0 aliphatic heterocycles. The molecule has 116 valence electrons. The topological polar surface area (TPSA) is 53.4 Å². The van der Waals surface area contributed by atoms with Crippen LogP contribution in [0.3, 0.4) is 0 Å². The monoisotopic (exact) mass is 418 g/mol. The van der Waals surface area contributed by atoms with Crippen molar-refractivity contribution in [2.45, 2.75) is 50.6 Å². The van der Waals surface area contributed by atoms with Crippen LogP contribution < -0.4 is 0 Å². The maximum atomic E-state index is 11.3. The molecule has 1 aromatic rings. The fourth-order valence-corrected chi connectivity index (χ4v) is 4.25. The van der Waals surface area contributed by atoms with Crippen molar-refractivity contribution in [3.05, 3.63) is 26.9 Å². The Labute approximate surface area is 142 Å². The molecular weight excluding hydrogens is 400 g/mol. The maximum Gasteiger partial charge on any atom is 0.305 e. The first-order valence-electron chi connectivity index (χ1n) is 7.16. The summed E-state index contributed by atoms with van der Waals surface area (Å²) in [6, 6.07) is 1.97. The van der Waals surface area contributed by atoms with Crippen LogP contribution >= 0.6 is 31.9 Å². The molecule has 21 heavy (non-hydrogen) atoms. The number of aromatic nitrogens is 1. The third-order valence-corrected chi connectivity index (χ3v) is 5.47. The summed E-state index contributed by atoms with van der Waals surface area (Å²) in [7, 11) is 2.02. The first kappa shape index (κ1) is 16.9. The Hall–Kier alpha value is -0.460. The van der Waals surface area contributed by atoms with E-state index >= 15 is 0 Å². The standard InChI is InChI=1S/C15H20Br2N2O2/c1-19(10-13-12(17)7-11(16)9-18-13)15(8-14(20)21)5-3-2-4-6-15/h7,9H,2-6,8,10H2,1H3,(H,20,21). The molecule has 0 spiro atoms. The normalized spacial score (nSPS) is 17.9. The smallest absolute Gasteiger partial charge is 0.305 e. The number of nitrogens with zero attached hydrogens (tertiary/aromatic N) is 2. The zero-order valence-electron chi connectivity index (χ0n) is 12.1. The molecule has 1 aliphatic carbocycles. The average Bonchev–Trinajstić information content (AvgIpc) is 2.42. The highest BCUT2D eigenvalue weighted by molar-refractivity contribution is 9.11. The Morgan fingerprint density at radius 2 is 2.05 bits per heavy atom. The maximum absolute atomic E-state index is 11.3. The molecule has 0 unspecified atom stereocenters. The summed E-state index contributed by atoms with van der Waals surface area (Å²) in [6.45, 7) is 0.654. The van der Waals surface area contributed by atoms with Gasteiger partial charge in [-0.15, -0.1) is 0 Å². The summed E-state index contributed by atoms with van der Waals surface area (Å²) >= 11 is 6.93. The van der Waals surface area contributed by atoms with Crippen molar-refractivity contribution in [2.24, 2.45) is 0 Å². The van der Waals surface area contributed by atoms with Gasteiger partial charge in [0, 0.05) is 27.2 Å². The second kappa shape index (κ2) is 7.20. The molecular formula is C15H20Br2N2O2. The molecule has 0 bridgehead atoms. The Kier molecular flexibility index (Phi) is 5.80. The molecule has 0 radical (unpaired) electrons. The van der Waals surface area contributed by atoms with E-state index in [0.717, 1.165) is 40.3 Å². The molecule has 0 aromatic carbocycles. The SMILES string of the molecule is CN(Cc1ncc(Br)cc1Br)C1(CC(=O)O)CCCCC1. The summed E-state index contributed by atoms with van der Waals surface area (Å²) in [5, 5.41) is 9.28. The van der Waals surface area contributed by atoms with Gasteiger partial charge >= 0.3 is 5.97 Å². The van der Waals surface area contributed by atoms with Crippen LogP contribution in [-0.2, 0) is 11.3 Å². The zero-order valence-corrected chi connectivity index (χ0v) is 15.3. The van der Waals surface area contributed by atoms with Crippen LogP contribution in [0, 0.1) is 0 Å². The highest BCUT2D eigenvalue weighted by Crippen LogP contribution is 2.37. The highest BCUT2D eigenvalue weighted by Gasteiger charge is 2.38. The minimum absolute atomic E-state index is 0.206. The number of carboxylic acids is 1. The van der Waals surface area contributed by atoms with Crippen LogP contribution in [0.4, 0.5) is 0 Å². The van der Waals surface area contributed by atoms with Crippen molar-refractivity contribution < 1.29 is 9.90 Å². The van der Waals surface area contributed by atoms with Crippen molar-refractivity contribution in [3.8, 4) is 0 Å². The van der Waals surface area contributed by atoms with Gasteiger partial charge in [-0.05, 0) is 57.8 Å². The van der Waals surface area contributed by atoms with Crippen molar-refractivity contribution in [1.29, 1.82) is 0 Å². The van der Waals surface area contributed by atoms with Crippen LogP contribution in [-0.4, -0.2) is 33.5 Å². The van der Waals surface area contributed by atoms with Crippen LogP contribution in [0.1, 0.15) is 44.2 Å². The van der Waals surface area contributed by atoms with E-state index in [9.17, 15) is 9.90 Å². The number of halogens is 2. The predicted octanol–water partition coefficient (Wildman–Crippen LogP) is 4.22. The van der Waals surface area contributed by atoms with E-state index in [1.165, 1.54) is 6.42 Å². The molecule has 0 amide bonds. The second-order valence-electron chi connectivity index (χ2n) is 5.79. The molecule has 1 aliphatic rings. The van der Waals surface area contributed by atoms with Gasteiger partial charge in [0.25, 0.3) is 0 Å². The van der Waals surface area contributed by atoms with Crippen molar-refractivity contribution in [2.75, 3.05) is 7.05 Å². The molecule has 1 fully saturated rings. The third kappa shape index (κ3) is 4.27. The predicted molar refractivity (Wildman–Crippen MR) is 89.2 cm³/mol. The molecule has 0 atom stereocenters. The van der Waals surface area contributed by atoms with Gasteiger partial charge in [0.2, 0.25) is 0 Å². The van der Waals surface area contributed by atoms with Crippen LogP contribution in [0.15, 0.2) is 21.2 Å². The minimum atomic E-state index is -0.716. The van der Waals surface area contributed by atoms with E-state index in [-0.39, 0.29) is 12.0 Å². The Morgan fingerprint density at radius 1 is 1.38 bits per heavy atom. The van der Waals surface area contributed by atoms with Gasteiger partial charge in [-0.25, -0.2) is 0 Å². The summed E-state index contributed by atoms with van der Waals surface area (Å²) in [5.41, 5.74) is 0.703. The van der Waals surface area contributed by atoms with E-state index in [4.69, 9.17) is 0 Å². The number of rotatable bonds is 5. The summed E-state index contributed by atoms with van der Waals surface area (Å²) in [5.74, 6) is -0.716. The fourth-order valence-electron chi connectivity index (χ4n) is 3.14. The van der Waals surface area contributed by atoms with Crippen molar-refractivity contribution >= 4 is 37.8 Å². The van der Waals surface area contributed by atoms with Gasteiger partial charge in [0.05, 0.1) is 12.1 Å². The first-order valence-corrected chi connectivity index (χ1v) is 8.74. The lowest BCUT2D eigenvalue weighted by Gasteiger charge is -2.44. The van der Waals surface area contributed by atoms with Crippen LogP contribution in [0.2, 0.25) is 0 Å². The van der Waals surface area contributed by atoms with Gasteiger partial charge < -0.3 is 5.11 Å². The van der Waals surface area contributed by atoms with Gasteiger partial charge in [0.1, 0.15) is 0 Å². The number of aliphatic carboxylic acids is 1. The van der Waals surface area contributed by atoms with E-state index in [1.807, 2.05) is 13.1 Å². The number of hydrogen-bond acceptors (Lipinski definition) is 3. The molecule has 1 heterocycles. The Morgan fingerprint density at radius 3 is 2.62 bits per heavy atom. The van der Waals surface area contributed by atoms with E-state index in [2.05, 4.69) is 41.7 Å². The lowest BCUT2D eigenvalue weighted by molar-refractivity contribution is -0.141. The lowest BCUT2D eigenvalue weighted by Crippen LogP contribution is -2.49. The van der Waals surface area contributed by atoms with Gasteiger partial charge in [-0.1, -0.05) is 19.3 Å². The highest BCUT2D eigenvalue weighted by atomic mass is 79.9. The number of pyridine rings is 1. The molecule has 4 nitrogen and oxygen atoms in total. The van der Waals surface area contributed by atoms with Crippen molar-refractivity contribution in [3.63, 3.8) is 0 Å². The largest absolute Gasteiger partial charge is 0.481 e. The number of carbonyl (C=O) groups is 1. The fraction of sp³-hybridized carbons (Fsp3) is 0.600. The lowest BCUT2D eigenvalue weighted by atomic mass is 9.78. The molecule has 6 heteroatoms. The molecule has 1 aromatic heterocycles. The molecule has 0 saturated heterocycles. The van der Waals surface area contributed by atoms with Crippen LogP contribution in [0.5, 0.6) is 0 Å². The summed E-state index contributed by atoms with van der Waals surface area (Å²) < 4.78 is 1.88. The Balaban J connectivity index is 2.17. The van der Waals surface area contributed by atoms with Gasteiger partial charge in [-0.3, -0.25) is 14.7 Å². The number of hydrogen-bond donors (Lipinski definition) is 1. The molecule has 2 rings (SSSR count). The summed E-state index contributed by atoms with van der Waals surface area (Å²) in [4.78, 5) is 17.9. The quantitative estimate of drug-likeness (QED) is 0.776. The minimum Gasteiger partial charge on any atom is -0.481 e. The summed E-state index contributed by atoms with van der Waals surface area (Å²) in [6.07, 6.45) is 7.29. The van der Waals surface area contributed by atoms with E-state index in [0.29, 0.717) is 6.54 Å². The van der Waals surface area contributed by atoms with Gasteiger partial charge in [0.15, 0.2) is 0 Å². The Bertz CT molecular complexity index is 516. The van der Waals surface area contributed by atoms with Crippen LogP contribution in [0.25, 0.3) is 0 Å². The second-order valence-corrected chi connectivity index (χ2v) is 7.56. The zero-order chi connectivity index (χ0) is 15.5. The van der Waals surface area contributed by atoms with Gasteiger partial charge in [-0.2, -0.15) is 0 Å². The average molecular weight is 420 g/mol. The third-order valence-electron chi connectivity index (χ3n) is 4.35.